The molecule has 2 atom stereocenters. The van der Waals surface area contributed by atoms with Crippen LogP contribution in [-0.2, 0) is 9.59 Å². The SMILES string of the molecule is CC[C@@H](N)C(=O)N1CCC(C(=O)O)(C(F)(F)F)C1. The van der Waals surface area contributed by atoms with E-state index in [2.05, 4.69) is 0 Å². The molecule has 0 aromatic carbocycles. The van der Waals surface area contributed by atoms with E-state index in [9.17, 15) is 22.8 Å². The van der Waals surface area contributed by atoms with Crippen molar-refractivity contribution in [2.24, 2.45) is 11.1 Å². The van der Waals surface area contributed by atoms with Crippen LogP contribution < -0.4 is 5.73 Å². The lowest BCUT2D eigenvalue weighted by molar-refractivity contribution is -0.227. The fourth-order valence-electron chi connectivity index (χ4n) is 1.93. The largest absolute Gasteiger partial charge is 0.481 e. The number of nitrogens with two attached hydrogens (primary N) is 1. The van der Waals surface area contributed by atoms with Crippen molar-refractivity contribution in [3.05, 3.63) is 0 Å². The Morgan fingerprint density at radius 1 is 1.50 bits per heavy atom. The maximum absolute atomic E-state index is 12.8. The van der Waals surface area contributed by atoms with Crippen molar-refractivity contribution in [2.75, 3.05) is 13.1 Å². The summed E-state index contributed by atoms with van der Waals surface area (Å²) in [6.07, 6.45) is -5.22. The molecule has 1 amide bonds. The fraction of sp³-hybridized carbons (Fsp3) is 0.800. The van der Waals surface area contributed by atoms with Gasteiger partial charge in [0.1, 0.15) is 0 Å². The molecule has 0 spiro atoms. The highest BCUT2D eigenvalue weighted by Crippen LogP contribution is 2.45. The molecule has 1 saturated heterocycles. The van der Waals surface area contributed by atoms with Crippen molar-refractivity contribution in [1.82, 2.24) is 4.90 Å². The first kappa shape index (κ1) is 14.7. The normalized spacial score (nSPS) is 26.2. The van der Waals surface area contributed by atoms with E-state index in [-0.39, 0.29) is 6.54 Å². The van der Waals surface area contributed by atoms with Gasteiger partial charge in [-0.05, 0) is 12.8 Å². The number of amides is 1. The van der Waals surface area contributed by atoms with E-state index in [0.29, 0.717) is 6.42 Å². The maximum atomic E-state index is 12.8. The topological polar surface area (TPSA) is 83.6 Å². The van der Waals surface area contributed by atoms with Crippen LogP contribution in [0.5, 0.6) is 0 Å². The Balaban J connectivity index is 2.92. The summed E-state index contributed by atoms with van der Waals surface area (Å²) in [5.74, 6) is -2.58. The lowest BCUT2D eigenvalue weighted by atomic mass is 9.86. The van der Waals surface area contributed by atoms with Gasteiger partial charge < -0.3 is 15.7 Å². The Morgan fingerprint density at radius 3 is 2.39 bits per heavy atom. The number of nitrogens with zero attached hydrogens (tertiary/aromatic N) is 1. The van der Waals surface area contributed by atoms with Crippen molar-refractivity contribution in [3.63, 3.8) is 0 Å². The van der Waals surface area contributed by atoms with Gasteiger partial charge in [-0.2, -0.15) is 13.2 Å². The van der Waals surface area contributed by atoms with Gasteiger partial charge in [0.25, 0.3) is 0 Å². The van der Waals surface area contributed by atoms with Gasteiger partial charge in [0.05, 0.1) is 6.04 Å². The minimum Gasteiger partial charge on any atom is -0.481 e. The lowest BCUT2D eigenvalue weighted by Crippen LogP contribution is -2.49. The zero-order valence-corrected chi connectivity index (χ0v) is 9.83. The minimum atomic E-state index is -4.88. The van der Waals surface area contributed by atoms with E-state index in [1.807, 2.05) is 0 Å². The molecule has 3 N–H and O–H groups in total. The third-order valence-corrected chi connectivity index (χ3v) is 3.29. The van der Waals surface area contributed by atoms with E-state index in [4.69, 9.17) is 10.8 Å². The van der Waals surface area contributed by atoms with E-state index < -0.39 is 42.5 Å². The number of rotatable bonds is 3. The smallest absolute Gasteiger partial charge is 0.406 e. The van der Waals surface area contributed by atoms with Crippen molar-refractivity contribution < 1.29 is 27.9 Å². The molecule has 1 fully saturated rings. The molecule has 0 aromatic rings. The summed E-state index contributed by atoms with van der Waals surface area (Å²) >= 11 is 0. The summed E-state index contributed by atoms with van der Waals surface area (Å²) < 4.78 is 38.5. The summed E-state index contributed by atoms with van der Waals surface area (Å²) in [4.78, 5) is 23.4. The quantitative estimate of drug-likeness (QED) is 0.784. The molecule has 1 aliphatic rings. The predicted molar refractivity (Wildman–Crippen MR) is 55.6 cm³/mol. The molecule has 1 aliphatic heterocycles. The van der Waals surface area contributed by atoms with Gasteiger partial charge in [0.15, 0.2) is 5.41 Å². The Kier molecular flexibility index (Phi) is 3.89. The van der Waals surface area contributed by atoms with Crippen LogP contribution in [-0.4, -0.2) is 47.2 Å². The van der Waals surface area contributed by atoms with Crippen molar-refractivity contribution in [2.45, 2.75) is 32.0 Å². The molecule has 1 rings (SSSR count). The third-order valence-electron chi connectivity index (χ3n) is 3.29. The van der Waals surface area contributed by atoms with Crippen molar-refractivity contribution in [1.29, 1.82) is 0 Å². The highest BCUT2D eigenvalue weighted by molar-refractivity contribution is 5.84. The van der Waals surface area contributed by atoms with Crippen LogP contribution in [0.1, 0.15) is 19.8 Å². The van der Waals surface area contributed by atoms with E-state index in [0.717, 1.165) is 4.90 Å². The predicted octanol–water partition coefficient (Wildman–Crippen LogP) is 0.589. The first-order chi connectivity index (χ1) is 8.15. The standard InChI is InChI=1S/C10H15F3N2O3/c1-2-6(14)7(16)15-4-3-9(5-15,8(17)18)10(11,12)13/h6H,2-5,14H2,1H3,(H,17,18)/t6-,9?/m1/s1. The number of alkyl halides is 3. The summed E-state index contributed by atoms with van der Waals surface area (Å²) in [5, 5.41) is 8.81. The molecule has 8 heteroatoms. The summed E-state index contributed by atoms with van der Waals surface area (Å²) in [6, 6.07) is -0.886. The number of likely N-dealkylation sites (tertiary alicyclic amines) is 1. The molecule has 0 bridgehead atoms. The van der Waals surface area contributed by atoms with Gasteiger partial charge in [-0.3, -0.25) is 9.59 Å². The van der Waals surface area contributed by atoms with Crippen LogP contribution in [0.15, 0.2) is 0 Å². The second kappa shape index (κ2) is 4.75. The van der Waals surface area contributed by atoms with Gasteiger partial charge in [0, 0.05) is 13.1 Å². The number of carboxylic acid groups (broad SMARTS) is 1. The number of carboxylic acids is 1. The molecule has 0 aromatic heterocycles. The zero-order valence-electron chi connectivity index (χ0n) is 9.83. The highest BCUT2D eigenvalue weighted by atomic mass is 19.4. The summed E-state index contributed by atoms with van der Waals surface area (Å²) in [6.45, 7) is 0.531. The Bertz CT molecular complexity index is 359. The summed E-state index contributed by atoms with van der Waals surface area (Å²) in [7, 11) is 0. The average Bonchev–Trinajstić information content (AvgIpc) is 2.72. The number of halogens is 3. The molecular formula is C10H15F3N2O3. The van der Waals surface area contributed by atoms with Crippen molar-refractivity contribution >= 4 is 11.9 Å². The molecule has 0 saturated carbocycles. The average molecular weight is 268 g/mol. The molecule has 5 nitrogen and oxygen atoms in total. The van der Waals surface area contributed by atoms with Gasteiger partial charge in [-0.25, -0.2) is 0 Å². The van der Waals surface area contributed by atoms with Gasteiger partial charge in [0.2, 0.25) is 5.91 Å². The van der Waals surface area contributed by atoms with Crippen LogP contribution in [0.3, 0.4) is 0 Å². The van der Waals surface area contributed by atoms with Gasteiger partial charge >= 0.3 is 12.1 Å². The Hall–Kier alpha value is -1.31. The molecule has 1 heterocycles. The summed E-state index contributed by atoms with van der Waals surface area (Å²) in [5.41, 5.74) is 2.59. The van der Waals surface area contributed by atoms with E-state index >= 15 is 0 Å². The number of carbonyl (C=O) groups is 2. The minimum absolute atomic E-state index is 0.238. The first-order valence-electron chi connectivity index (χ1n) is 5.50. The third kappa shape index (κ3) is 2.29. The molecule has 0 aliphatic carbocycles. The second-order valence-electron chi connectivity index (χ2n) is 4.41. The monoisotopic (exact) mass is 268 g/mol. The number of hydrogen-bond donors (Lipinski definition) is 2. The fourth-order valence-corrected chi connectivity index (χ4v) is 1.93. The second-order valence-corrected chi connectivity index (χ2v) is 4.41. The van der Waals surface area contributed by atoms with Crippen LogP contribution >= 0.6 is 0 Å². The van der Waals surface area contributed by atoms with Crippen LogP contribution in [0.25, 0.3) is 0 Å². The van der Waals surface area contributed by atoms with Gasteiger partial charge in [-0.1, -0.05) is 6.92 Å². The molecule has 104 valence electrons. The first-order valence-corrected chi connectivity index (χ1v) is 5.50. The van der Waals surface area contributed by atoms with E-state index in [1.54, 1.807) is 6.92 Å². The van der Waals surface area contributed by atoms with Crippen LogP contribution in [0.2, 0.25) is 0 Å². The Morgan fingerprint density at radius 2 is 2.06 bits per heavy atom. The zero-order chi connectivity index (χ0) is 14.1. The van der Waals surface area contributed by atoms with Crippen molar-refractivity contribution in [3.8, 4) is 0 Å². The molecular weight excluding hydrogens is 253 g/mol. The van der Waals surface area contributed by atoms with Crippen LogP contribution in [0.4, 0.5) is 13.2 Å². The van der Waals surface area contributed by atoms with E-state index in [1.165, 1.54) is 0 Å². The van der Waals surface area contributed by atoms with Gasteiger partial charge in [-0.15, -0.1) is 0 Å². The number of carbonyl (C=O) groups excluding carboxylic acids is 1. The lowest BCUT2D eigenvalue weighted by Gasteiger charge is -2.27. The molecule has 0 radical (unpaired) electrons. The number of hydrogen-bond acceptors (Lipinski definition) is 3. The highest BCUT2D eigenvalue weighted by Gasteiger charge is 2.64. The Labute approximate surface area is 102 Å². The maximum Gasteiger partial charge on any atom is 0.406 e. The molecule has 1 unspecified atom stereocenters. The molecule has 18 heavy (non-hydrogen) atoms. The van der Waals surface area contributed by atoms with Crippen LogP contribution in [0, 0.1) is 5.41 Å². The number of aliphatic carboxylic acids is 1.